The van der Waals surface area contributed by atoms with Gasteiger partial charge in [0.2, 0.25) is 5.13 Å². The highest BCUT2D eigenvalue weighted by atomic mass is 32.1. The minimum atomic E-state index is -0.769. The molecule has 1 aliphatic heterocycles. The summed E-state index contributed by atoms with van der Waals surface area (Å²) in [6.07, 6.45) is 0. The number of aromatic nitrogens is 1. The van der Waals surface area contributed by atoms with Crippen LogP contribution in [0.5, 0.6) is 11.5 Å². The number of hydrazone groups is 1. The molecule has 0 aliphatic carbocycles. The number of amides is 1. The number of carbonyl (C=O) groups is 1. The molecular weight excluding hydrogens is 434 g/mol. The lowest BCUT2D eigenvalue weighted by Crippen LogP contribution is -2.29. The first-order valence-corrected chi connectivity index (χ1v) is 11.2. The van der Waals surface area contributed by atoms with Crippen molar-refractivity contribution in [2.75, 3.05) is 5.01 Å². The Morgan fingerprint density at radius 2 is 1.58 bits per heavy atom. The molecule has 33 heavy (non-hydrogen) atoms. The number of para-hydroxylation sites is 1. The molecule has 7 nitrogen and oxygen atoms in total. The molecule has 1 amide bonds. The molecule has 1 aromatic heterocycles. The Labute approximate surface area is 194 Å². The number of anilines is 1. The summed E-state index contributed by atoms with van der Waals surface area (Å²) in [6, 6.07) is 25.8. The molecule has 0 radical (unpaired) electrons. The Hall–Kier alpha value is -4.17. The highest BCUT2D eigenvalue weighted by Gasteiger charge is 2.36. The minimum absolute atomic E-state index is 0.269. The number of azo groups is 1. The van der Waals surface area contributed by atoms with E-state index in [1.807, 2.05) is 78.2 Å². The van der Waals surface area contributed by atoms with Gasteiger partial charge in [0, 0.05) is 10.9 Å². The van der Waals surface area contributed by atoms with E-state index < -0.39 is 6.04 Å². The summed E-state index contributed by atoms with van der Waals surface area (Å²) < 4.78 is 5.78. The van der Waals surface area contributed by atoms with Gasteiger partial charge in [-0.3, -0.25) is 4.79 Å². The second-order valence-electron chi connectivity index (χ2n) is 7.30. The van der Waals surface area contributed by atoms with Crippen LogP contribution in [0.2, 0.25) is 0 Å². The molecule has 0 saturated heterocycles. The van der Waals surface area contributed by atoms with Crippen molar-refractivity contribution >= 4 is 33.8 Å². The maximum atomic E-state index is 12.9. The van der Waals surface area contributed by atoms with E-state index in [9.17, 15) is 4.79 Å². The van der Waals surface area contributed by atoms with Crippen molar-refractivity contribution in [3.8, 4) is 22.8 Å². The highest BCUT2D eigenvalue weighted by molar-refractivity contribution is 7.14. The zero-order valence-corrected chi connectivity index (χ0v) is 18.5. The summed E-state index contributed by atoms with van der Waals surface area (Å²) >= 11 is 1.37. The van der Waals surface area contributed by atoms with Crippen LogP contribution in [0, 0.1) is 0 Å². The second kappa shape index (κ2) is 9.13. The molecule has 4 aromatic rings. The first kappa shape index (κ1) is 20.7. The van der Waals surface area contributed by atoms with Crippen LogP contribution >= 0.6 is 11.3 Å². The Kier molecular flexibility index (Phi) is 5.73. The standard InChI is InChI=1S/C25H19N5O2S/c1-17-23(28-27-19-12-14-21(15-13-19)32-20-10-6-3-7-11-20)24(31)30(29-17)25-26-22(16-33-25)18-8-4-2-5-9-18/h2-16,23H,1H3. The van der Waals surface area contributed by atoms with Gasteiger partial charge in [0.1, 0.15) is 11.5 Å². The Morgan fingerprint density at radius 1 is 0.909 bits per heavy atom. The fourth-order valence-corrected chi connectivity index (χ4v) is 4.05. The normalized spacial score (nSPS) is 15.8. The first-order valence-electron chi connectivity index (χ1n) is 10.3. The minimum Gasteiger partial charge on any atom is -0.457 e. The Morgan fingerprint density at radius 3 is 2.30 bits per heavy atom. The van der Waals surface area contributed by atoms with Crippen molar-refractivity contribution in [3.63, 3.8) is 0 Å². The van der Waals surface area contributed by atoms with Crippen molar-refractivity contribution in [2.45, 2.75) is 13.0 Å². The molecule has 0 fully saturated rings. The number of hydrogen-bond acceptors (Lipinski definition) is 7. The maximum Gasteiger partial charge on any atom is 0.282 e. The number of benzene rings is 3. The van der Waals surface area contributed by atoms with Gasteiger partial charge < -0.3 is 4.74 Å². The largest absolute Gasteiger partial charge is 0.457 e. The van der Waals surface area contributed by atoms with E-state index in [1.54, 1.807) is 19.1 Å². The van der Waals surface area contributed by atoms with Crippen LogP contribution in [0.25, 0.3) is 11.3 Å². The topological polar surface area (TPSA) is 79.5 Å². The van der Waals surface area contributed by atoms with Crippen molar-refractivity contribution in [1.82, 2.24) is 4.98 Å². The number of nitrogens with zero attached hydrogens (tertiary/aromatic N) is 5. The lowest BCUT2D eigenvalue weighted by atomic mass is 10.2. The van der Waals surface area contributed by atoms with Crippen molar-refractivity contribution in [1.29, 1.82) is 0 Å². The predicted octanol–water partition coefficient (Wildman–Crippen LogP) is 6.48. The number of hydrogen-bond donors (Lipinski definition) is 0. The molecule has 162 valence electrons. The van der Waals surface area contributed by atoms with Crippen molar-refractivity contribution in [2.24, 2.45) is 15.3 Å². The van der Waals surface area contributed by atoms with Crippen LogP contribution in [0.15, 0.2) is 106 Å². The molecule has 1 aliphatic rings. The number of carbonyl (C=O) groups excluding carboxylic acids is 1. The molecule has 1 unspecified atom stereocenters. The Balaban J connectivity index is 1.27. The average Bonchev–Trinajstić information content (AvgIpc) is 3.45. The zero-order valence-electron chi connectivity index (χ0n) is 17.7. The zero-order chi connectivity index (χ0) is 22.6. The summed E-state index contributed by atoms with van der Waals surface area (Å²) in [5, 5.41) is 16.6. The molecule has 1 atom stereocenters. The molecule has 0 saturated carbocycles. The molecule has 0 spiro atoms. The fourth-order valence-electron chi connectivity index (χ4n) is 3.26. The maximum absolute atomic E-state index is 12.9. The number of rotatable bonds is 6. The quantitative estimate of drug-likeness (QED) is 0.314. The molecular formula is C25H19N5O2S. The predicted molar refractivity (Wildman–Crippen MR) is 129 cm³/mol. The van der Waals surface area contributed by atoms with E-state index in [1.165, 1.54) is 16.3 Å². The highest BCUT2D eigenvalue weighted by Crippen LogP contribution is 2.31. The third-order valence-corrected chi connectivity index (χ3v) is 5.76. The van der Waals surface area contributed by atoms with Crippen LogP contribution in [0.1, 0.15) is 6.92 Å². The number of thiazole rings is 1. The van der Waals surface area contributed by atoms with E-state index in [-0.39, 0.29) is 5.91 Å². The van der Waals surface area contributed by atoms with Gasteiger partial charge in [-0.25, -0.2) is 4.98 Å². The third kappa shape index (κ3) is 4.56. The molecule has 8 heteroatoms. The monoisotopic (exact) mass is 453 g/mol. The molecule has 3 aromatic carbocycles. The lowest BCUT2D eigenvalue weighted by Gasteiger charge is -2.08. The fraction of sp³-hybridized carbons (Fsp3) is 0.0800. The molecule has 2 heterocycles. The van der Waals surface area contributed by atoms with E-state index in [0.717, 1.165) is 17.0 Å². The summed E-state index contributed by atoms with van der Waals surface area (Å²) in [7, 11) is 0. The van der Waals surface area contributed by atoms with Crippen LogP contribution in [-0.4, -0.2) is 22.6 Å². The van der Waals surface area contributed by atoms with E-state index in [2.05, 4.69) is 20.3 Å². The SMILES string of the molecule is CC1=NN(c2nc(-c3ccccc3)cs2)C(=O)C1N=Nc1ccc(Oc2ccccc2)cc1. The summed E-state index contributed by atoms with van der Waals surface area (Å²) in [6.45, 7) is 1.77. The van der Waals surface area contributed by atoms with Crippen LogP contribution in [-0.2, 0) is 4.79 Å². The average molecular weight is 454 g/mol. The molecule has 0 N–H and O–H groups in total. The van der Waals surface area contributed by atoms with Gasteiger partial charge in [-0.05, 0) is 43.3 Å². The van der Waals surface area contributed by atoms with Gasteiger partial charge in [0.05, 0.1) is 17.1 Å². The number of ether oxygens (including phenoxy) is 1. The smallest absolute Gasteiger partial charge is 0.282 e. The molecule has 5 rings (SSSR count). The van der Waals surface area contributed by atoms with Crippen molar-refractivity contribution < 1.29 is 9.53 Å². The first-order chi connectivity index (χ1) is 16.2. The third-order valence-electron chi connectivity index (χ3n) is 4.94. The summed E-state index contributed by atoms with van der Waals surface area (Å²) in [5.74, 6) is 1.18. The van der Waals surface area contributed by atoms with Crippen LogP contribution in [0.3, 0.4) is 0 Å². The van der Waals surface area contributed by atoms with Crippen LogP contribution in [0.4, 0.5) is 10.8 Å². The molecule has 0 bridgehead atoms. The van der Waals surface area contributed by atoms with E-state index in [0.29, 0.717) is 22.3 Å². The van der Waals surface area contributed by atoms with Gasteiger partial charge in [0.25, 0.3) is 5.91 Å². The van der Waals surface area contributed by atoms with Crippen LogP contribution < -0.4 is 9.75 Å². The summed E-state index contributed by atoms with van der Waals surface area (Å²) in [5.41, 5.74) is 2.99. The Bertz CT molecular complexity index is 1320. The van der Waals surface area contributed by atoms with E-state index in [4.69, 9.17) is 4.74 Å². The summed E-state index contributed by atoms with van der Waals surface area (Å²) in [4.78, 5) is 17.5. The van der Waals surface area contributed by atoms with Gasteiger partial charge in [-0.1, -0.05) is 48.5 Å². The van der Waals surface area contributed by atoms with Gasteiger partial charge in [-0.15, -0.1) is 11.3 Å². The van der Waals surface area contributed by atoms with Gasteiger partial charge in [-0.2, -0.15) is 20.3 Å². The lowest BCUT2D eigenvalue weighted by molar-refractivity contribution is -0.117. The van der Waals surface area contributed by atoms with Gasteiger partial charge >= 0.3 is 0 Å². The van der Waals surface area contributed by atoms with E-state index >= 15 is 0 Å². The van der Waals surface area contributed by atoms with Gasteiger partial charge in [0.15, 0.2) is 6.04 Å². The second-order valence-corrected chi connectivity index (χ2v) is 8.14. The van der Waals surface area contributed by atoms with Crippen molar-refractivity contribution in [3.05, 3.63) is 90.3 Å².